The molecule has 0 radical (unpaired) electrons. The molecule has 0 spiro atoms. The minimum atomic E-state index is -2.60. The van der Waals surface area contributed by atoms with Crippen LogP contribution in [0.25, 0.3) is 0 Å². The van der Waals surface area contributed by atoms with Crippen molar-refractivity contribution < 1.29 is 41.5 Å². The number of esters is 2. The van der Waals surface area contributed by atoms with E-state index in [9.17, 15) is 18.6 Å². The molecule has 172 valence electrons. The van der Waals surface area contributed by atoms with Crippen molar-refractivity contribution in [2.24, 2.45) is 5.73 Å². The van der Waals surface area contributed by atoms with Crippen LogP contribution in [0.5, 0.6) is 5.75 Å². The molecule has 11 nitrogen and oxygen atoms in total. The number of amides is 1. The summed E-state index contributed by atoms with van der Waals surface area (Å²) in [6.07, 6.45) is 0. The van der Waals surface area contributed by atoms with Crippen LogP contribution in [0.3, 0.4) is 0 Å². The number of anilines is 1. The van der Waals surface area contributed by atoms with E-state index in [0.717, 1.165) is 5.56 Å². The Morgan fingerprint density at radius 2 is 1.81 bits per heavy atom. The Morgan fingerprint density at radius 1 is 1.09 bits per heavy atom. The van der Waals surface area contributed by atoms with Crippen molar-refractivity contribution >= 4 is 34.9 Å². The fourth-order valence-corrected chi connectivity index (χ4v) is 2.77. The van der Waals surface area contributed by atoms with Crippen LogP contribution >= 0.6 is 0 Å². The first kappa shape index (κ1) is 24.8. The van der Waals surface area contributed by atoms with Gasteiger partial charge < -0.3 is 24.8 Å². The van der Waals surface area contributed by atoms with Crippen LogP contribution in [-0.4, -0.2) is 53.6 Å². The molecule has 0 heterocycles. The molecule has 2 rings (SSSR count). The first-order chi connectivity index (χ1) is 15.3. The van der Waals surface area contributed by atoms with E-state index < -0.39 is 49.1 Å². The molecule has 0 aromatic heterocycles. The third-order valence-electron chi connectivity index (χ3n) is 3.98. The minimum Gasteiger partial charge on any atom is -0.495 e. The molecule has 0 aliphatic rings. The fraction of sp³-hybridized carbons (Fsp3) is 0.250. The number of rotatable bonds is 12. The molecule has 0 saturated carbocycles. The van der Waals surface area contributed by atoms with Crippen molar-refractivity contribution in [1.29, 1.82) is 0 Å². The molecule has 0 bridgehead atoms. The van der Waals surface area contributed by atoms with Crippen molar-refractivity contribution in [3.8, 4) is 5.75 Å². The number of methoxy groups -OCH3 is 1. The highest BCUT2D eigenvalue weighted by Crippen LogP contribution is 2.29. The Hall–Kier alpha value is -3.48. The standard InChI is InChI=1S/C20H22N2O9S/c1-28-17-8-7-15(9-16(17)22(10-18(21)23)13-31-32(26)27)20(25)30-12-19(24)29-11-14-5-3-2-4-6-14/h2-9H,10-13H2,1H3,(H2,21,23)(H,26,27). The van der Waals surface area contributed by atoms with Crippen LogP contribution in [-0.2, 0) is 41.2 Å². The van der Waals surface area contributed by atoms with Crippen molar-refractivity contribution in [1.82, 2.24) is 0 Å². The molecule has 32 heavy (non-hydrogen) atoms. The van der Waals surface area contributed by atoms with Crippen molar-refractivity contribution in [3.05, 3.63) is 59.7 Å². The maximum atomic E-state index is 12.4. The maximum absolute atomic E-state index is 12.4. The van der Waals surface area contributed by atoms with Crippen LogP contribution in [0.1, 0.15) is 15.9 Å². The third-order valence-corrected chi connectivity index (χ3v) is 4.28. The number of primary amides is 1. The minimum absolute atomic E-state index is 0.0243. The molecular formula is C20H22N2O9S. The highest BCUT2D eigenvalue weighted by Gasteiger charge is 2.19. The summed E-state index contributed by atoms with van der Waals surface area (Å²) in [6.45, 7) is -1.45. The fourth-order valence-electron chi connectivity index (χ4n) is 2.55. The van der Waals surface area contributed by atoms with E-state index in [2.05, 4.69) is 4.18 Å². The predicted molar refractivity (Wildman–Crippen MR) is 113 cm³/mol. The molecule has 0 aliphatic heterocycles. The Kier molecular flexibility index (Phi) is 9.60. The summed E-state index contributed by atoms with van der Waals surface area (Å²) in [5.41, 5.74) is 6.21. The van der Waals surface area contributed by atoms with E-state index in [0.29, 0.717) is 0 Å². The topological polar surface area (TPSA) is 155 Å². The summed E-state index contributed by atoms with van der Waals surface area (Å²) in [4.78, 5) is 36.8. The summed E-state index contributed by atoms with van der Waals surface area (Å²) in [6, 6.07) is 13.1. The van der Waals surface area contributed by atoms with E-state index in [4.69, 9.17) is 24.5 Å². The second kappa shape index (κ2) is 12.4. The van der Waals surface area contributed by atoms with E-state index in [1.807, 2.05) is 6.07 Å². The first-order valence-electron chi connectivity index (χ1n) is 9.12. The molecule has 3 N–H and O–H groups in total. The van der Waals surface area contributed by atoms with Gasteiger partial charge in [0.2, 0.25) is 5.91 Å². The zero-order chi connectivity index (χ0) is 23.5. The number of nitrogens with two attached hydrogens (primary N) is 1. The molecule has 0 saturated heterocycles. The van der Waals surface area contributed by atoms with Crippen LogP contribution < -0.4 is 15.4 Å². The highest BCUT2D eigenvalue weighted by atomic mass is 32.2. The smallest absolute Gasteiger partial charge is 0.344 e. The van der Waals surface area contributed by atoms with Crippen molar-refractivity contribution in [3.63, 3.8) is 0 Å². The molecule has 1 atom stereocenters. The van der Waals surface area contributed by atoms with Crippen LogP contribution in [0, 0.1) is 0 Å². The number of hydrogen-bond acceptors (Lipinski definition) is 9. The maximum Gasteiger partial charge on any atom is 0.344 e. The van der Waals surface area contributed by atoms with E-state index in [-0.39, 0.29) is 23.6 Å². The Labute approximate surface area is 186 Å². The van der Waals surface area contributed by atoms with Gasteiger partial charge in [0.15, 0.2) is 6.61 Å². The van der Waals surface area contributed by atoms with Gasteiger partial charge in [-0.3, -0.25) is 9.35 Å². The molecule has 1 unspecified atom stereocenters. The van der Waals surface area contributed by atoms with Gasteiger partial charge in [0.05, 0.1) is 24.9 Å². The lowest BCUT2D eigenvalue weighted by atomic mass is 10.1. The number of ether oxygens (including phenoxy) is 3. The van der Waals surface area contributed by atoms with E-state index >= 15 is 0 Å². The lowest BCUT2D eigenvalue weighted by Crippen LogP contribution is -2.36. The van der Waals surface area contributed by atoms with Crippen LogP contribution in [0.4, 0.5) is 5.69 Å². The second-order valence-corrected chi connectivity index (χ2v) is 6.91. The average molecular weight is 466 g/mol. The van der Waals surface area contributed by atoms with E-state index in [1.165, 1.54) is 30.2 Å². The molecule has 1 amide bonds. The largest absolute Gasteiger partial charge is 0.495 e. The van der Waals surface area contributed by atoms with Gasteiger partial charge >= 0.3 is 23.3 Å². The van der Waals surface area contributed by atoms with Gasteiger partial charge in [-0.25, -0.2) is 13.8 Å². The van der Waals surface area contributed by atoms with Gasteiger partial charge in [-0.15, -0.1) is 0 Å². The molecular weight excluding hydrogens is 444 g/mol. The number of benzene rings is 2. The highest BCUT2D eigenvalue weighted by molar-refractivity contribution is 7.74. The summed E-state index contributed by atoms with van der Waals surface area (Å²) < 4.78 is 39.5. The molecule has 2 aromatic carbocycles. The van der Waals surface area contributed by atoms with Gasteiger partial charge in [0.1, 0.15) is 19.1 Å². The Bertz CT molecular complexity index is 969. The molecule has 12 heteroatoms. The number of carbonyl (C=O) groups excluding carboxylic acids is 3. The van der Waals surface area contributed by atoms with Crippen molar-refractivity contribution in [2.45, 2.75) is 6.61 Å². The normalized spacial score (nSPS) is 11.3. The van der Waals surface area contributed by atoms with E-state index in [1.54, 1.807) is 24.3 Å². The summed E-state index contributed by atoms with van der Waals surface area (Å²) >= 11 is -2.60. The molecule has 2 aromatic rings. The van der Waals surface area contributed by atoms with Crippen molar-refractivity contribution in [2.75, 3.05) is 31.9 Å². The summed E-state index contributed by atoms with van der Waals surface area (Å²) in [5.74, 6) is -2.09. The van der Waals surface area contributed by atoms with Crippen LogP contribution in [0.2, 0.25) is 0 Å². The average Bonchev–Trinajstić information content (AvgIpc) is 2.78. The second-order valence-electron chi connectivity index (χ2n) is 6.24. The lowest BCUT2D eigenvalue weighted by molar-refractivity contribution is -0.148. The van der Waals surface area contributed by atoms with Gasteiger partial charge in [-0.2, -0.15) is 4.21 Å². The van der Waals surface area contributed by atoms with Crippen LogP contribution in [0.15, 0.2) is 48.5 Å². The first-order valence-corrected chi connectivity index (χ1v) is 10.2. The summed E-state index contributed by atoms with van der Waals surface area (Å²) in [7, 11) is 1.35. The predicted octanol–water partition coefficient (Wildman–Crippen LogP) is 0.998. The number of carbonyl (C=O) groups is 3. The molecule has 0 aliphatic carbocycles. The quantitative estimate of drug-likeness (QED) is 0.263. The lowest BCUT2D eigenvalue weighted by Gasteiger charge is -2.24. The van der Waals surface area contributed by atoms with Gasteiger partial charge in [0.25, 0.3) is 0 Å². The zero-order valence-electron chi connectivity index (χ0n) is 17.1. The number of hydrogen-bond donors (Lipinski definition) is 2. The Morgan fingerprint density at radius 3 is 2.44 bits per heavy atom. The summed E-state index contributed by atoms with van der Waals surface area (Å²) in [5, 5.41) is 0. The zero-order valence-corrected chi connectivity index (χ0v) is 17.9. The SMILES string of the molecule is COc1ccc(C(=O)OCC(=O)OCc2ccccc2)cc1N(COS(=O)O)CC(N)=O. The monoisotopic (exact) mass is 466 g/mol. The van der Waals surface area contributed by atoms with Gasteiger partial charge in [0, 0.05) is 0 Å². The van der Waals surface area contributed by atoms with Gasteiger partial charge in [-0.05, 0) is 23.8 Å². The number of nitrogens with zero attached hydrogens (tertiary/aromatic N) is 1. The molecule has 0 fully saturated rings. The Balaban J connectivity index is 2.06. The van der Waals surface area contributed by atoms with Gasteiger partial charge in [-0.1, -0.05) is 30.3 Å². The third kappa shape index (κ3) is 7.98.